The van der Waals surface area contributed by atoms with E-state index in [0.29, 0.717) is 12.8 Å². The first-order valence-corrected chi connectivity index (χ1v) is 22.0. The van der Waals surface area contributed by atoms with E-state index in [4.69, 9.17) is 14.2 Å². The van der Waals surface area contributed by atoms with E-state index >= 15 is 0 Å². The largest absolute Gasteiger partial charge is 0.462 e. The molecule has 6 heteroatoms. The van der Waals surface area contributed by atoms with Crippen molar-refractivity contribution in [2.75, 3.05) is 13.2 Å². The van der Waals surface area contributed by atoms with Crippen LogP contribution in [-0.2, 0) is 28.6 Å². The number of carbonyl (C=O) groups is 3. The molecule has 0 rings (SSSR count). The summed E-state index contributed by atoms with van der Waals surface area (Å²) in [6, 6.07) is 0. The summed E-state index contributed by atoms with van der Waals surface area (Å²) in [6.07, 6.45) is 58.1. The number of ether oxygens (including phenoxy) is 3. The van der Waals surface area contributed by atoms with E-state index < -0.39 is 12.1 Å². The first kappa shape index (κ1) is 52.1. The summed E-state index contributed by atoms with van der Waals surface area (Å²) in [5.41, 5.74) is 0. The Morgan fingerprint density at radius 2 is 0.875 bits per heavy atom. The topological polar surface area (TPSA) is 78.9 Å². The molecular weight excluding hydrogens is 697 g/mol. The highest BCUT2D eigenvalue weighted by Crippen LogP contribution is 2.12. The van der Waals surface area contributed by atoms with Crippen LogP contribution < -0.4 is 0 Å². The van der Waals surface area contributed by atoms with Gasteiger partial charge in [0.25, 0.3) is 0 Å². The van der Waals surface area contributed by atoms with Gasteiger partial charge in [-0.05, 0) is 70.6 Å². The summed E-state index contributed by atoms with van der Waals surface area (Å²) in [6.45, 7) is 6.22. The zero-order valence-corrected chi connectivity index (χ0v) is 35.6. The first-order chi connectivity index (χ1) is 27.5. The normalized spacial score (nSPS) is 13.1. The Hall–Kier alpha value is -3.93. The lowest BCUT2D eigenvalue weighted by Gasteiger charge is -2.18. The van der Waals surface area contributed by atoms with Crippen molar-refractivity contribution in [3.8, 4) is 0 Å². The maximum absolute atomic E-state index is 12.7. The smallest absolute Gasteiger partial charge is 0.309 e. The molecule has 0 heterocycles. The zero-order valence-electron chi connectivity index (χ0n) is 35.6. The third-order valence-corrected chi connectivity index (χ3v) is 8.62. The standard InChI is InChI=1S/C50H78O6/c1-4-7-10-13-16-19-21-22-23-24-25-26-27-29-31-34-37-40-43-49(52)55-46-47(45-54-48(51)42-39-36-33-30-18-15-12-9-6-3)56-50(53)44-41-38-35-32-28-20-17-14-11-8-5-2/h9-10,12-14,16-19,21-26,30,36,39,47H,4-8,11,15,20,27-29,31-35,37-38,40-46H2,1-3H3/b12-9-,13-10-,17-14-,19-16-,22-21-,24-23-,26-25-,30-18-,39-36-. The van der Waals surface area contributed by atoms with Gasteiger partial charge >= 0.3 is 17.9 Å². The zero-order chi connectivity index (χ0) is 40.8. The molecule has 0 radical (unpaired) electrons. The molecule has 56 heavy (non-hydrogen) atoms. The molecule has 0 aromatic carbocycles. The van der Waals surface area contributed by atoms with Crippen molar-refractivity contribution < 1.29 is 28.6 Å². The molecule has 0 spiro atoms. The van der Waals surface area contributed by atoms with E-state index in [1.807, 2.05) is 42.5 Å². The average Bonchev–Trinajstić information content (AvgIpc) is 3.19. The van der Waals surface area contributed by atoms with Crippen LogP contribution in [0.5, 0.6) is 0 Å². The molecule has 0 amide bonds. The number of hydrogen-bond acceptors (Lipinski definition) is 6. The molecule has 0 aromatic rings. The van der Waals surface area contributed by atoms with Crippen LogP contribution in [0.15, 0.2) is 109 Å². The average molecular weight is 775 g/mol. The fourth-order valence-corrected chi connectivity index (χ4v) is 5.33. The van der Waals surface area contributed by atoms with Crippen LogP contribution in [-0.4, -0.2) is 37.2 Å². The minimum atomic E-state index is -0.827. The minimum absolute atomic E-state index is 0.124. The van der Waals surface area contributed by atoms with Crippen LogP contribution in [0.2, 0.25) is 0 Å². The number of carbonyl (C=O) groups excluding carboxylic acids is 3. The van der Waals surface area contributed by atoms with Crippen molar-refractivity contribution in [3.05, 3.63) is 109 Å². The van der Waals surface area contributed by atoms with Crippen LogP contribution in [0.1, 0.15) is 168 Å². The third kappa shape index (κ3) is 41.2. The van der Waals surface area contributed by atoms with Crippen LogP contribution in [0.25, 0.3) is 0 Å². The van der Waals surface area contributed by atoms with Gasteiger partial charge in [-0.2, -0.15) is 0 Å². The quantitative estimate of drug-likeness (QED) is 0.0206. The van der Waals surface area contributed by atoms with Gasteiger partial charge in [0.05, 0.1) is 6.42 Å². The second-order valence-electron chi connectivity index (χ2n) is 14.0. The van der Waals surface area contributed by atoms with Crippen LogP contribution in [0.3, 0.4) is 0 Å². The molecule has 0 saturated carbocycles. The van der Waals surface area contributed by atoms with Gasteiger partial charge in [-0.3, -0.25) is 14.4 Å². The molecule has 0 aliphatic carbocycles. The van der Waals surface area contributed by atoms with E-state index in [0.717, 1.165) is 103 Å². The lowest BCUT2D eigenvalue weighted by molar-refractivity contribution is -0.166. The summed E-state index contributed by atoms with van der Waals surface area (Å²) >= 11 is 0. The fraction of sp³-hybridized carbons (Fsp3) is 0.580. The van der Waals surface area contributed by atoms with Gasteiger partial charge < -0.3 is 14.2 Å². The highest BCUT2D eigenvalue weighted by atomic mass is 16.6. The molecule has 1 atom stereocenters. The molecule has 0 N–H and O–H groups in total. The fourth-order valence-electron chi connectivity index (χ4n) is 5.33. The lowest BCUT2D eigenvalue weighted by Crippen LogP contribution is -2.30. The predicted molar refractivity (Wildman–Crippen MR) is 237 cm³/mol. The molecule has 314 valence electrons. The molecule has 6 nitrogen and oxygen atoms in total. The number of rotatable bonds is 37. The van der Waals surface area contributed by atoms with Gasteiger partial charge in [0.15, 0.2) is 6.10 Å². The third-order valence-electron chi connectivity index (χ3n) is 8.62. The van der Waals surface area contributed by atoms with E-state index in [-0.39, 0.29) is 31.6 Å². The monoisotopic (exact) mass is 775 g/mol. The Morgan fingerprint density at radius 3 is 1.46 bits per heavy atom. The van der Waals surface area contributed by atoms with Gasteiger partial charge in [-0.15, -0.1) is 0 Å². The lowest BCUT2D eigenvalue weighted by atomic mass is 10.1. The molecule has 0 bridgehead atoms. The molecule has 0 aliphatic rings. The Morgan fingerprint density at radius 1 is 0.411 bits per heavy atom. The summed E-state index contributed by atoms with van der Waals surface area (Å²) in [4.78, 5) is 37.6. The van der Waals surface area contributed by atoms with Crippen molar-refractivity contribution in [1.82, 2.24) is 0 Å². The summed E-state index contributed by atoms with van der Waals surface area (Å²) in [5, 5.41) is 0. The summed E-state index contributed by atoms with van der Waals surface area (Å²) < 4.78 is 16.5. The summed E-state index contributed by atoms with van der Waals surface area (Å²) in [5.74, 6) is -1.10. The molecule has 0 aliphatic heterocycles. The maximum atomic E-state index is 12.7. The second kappa shape index (κ2) is 43.8. The maximum Gasteiger partial charge on any atom is 0.309 e. The molecule has 1 unspecified atom stereocenters. The van der Waals surface area contributed by atoms with Crippen molar-refractivity contribution in [3.63, 3.8) is 0 Å². The second-order valence-corrected chi connectivity index (χ2v) is 14.0. The SMILES string of the molecule is CC/C=C\C/C=C\C/C=C\CC(=O)OCC(COC(=O)CCCCCCC\C=C/C=C\C=C/C=C\C=C/CCC)OC(=O)CCCCCCC/C=C\CCCC. The van der Waals surface area contributed by atoms with E-state index in [1.165, 1.54) is 25.7 Å². The van der Waals surface area contributed by atoms with E-state index in [2.05, 4.69) is 81.5 Å². The van der Waals surface area contributed by atoms with Gasteiger partial charge in [-0.25, -0.2) is 0 Å². The Bertz CT molecular complexity index is 1210. The van der Waals surface area contributed by atoms with Gasteiger partial charge in [0.2, 0.25) is 0 Å². The highest BCUT2D eigenvalue weighted by Gasteiger charge is 2.19. The molecule has 0 saturated heterocycles. The van der Waals surface area contributed by atoms with Crippen molar-refractivity contribution in [2.45, 2.75) is 175 Å². The molecule has 0 aromatic heterocycles. The Labute approximate surface area is 342 Å². The number of unbranched alkanes of at least 4 members (excludes halogenated alkanes) is 13. The van der Waals surface area contributed by atoms with Crippen LogP contribution in [0.4, 0.5) is 0 Å². The van der Waals surface area contributed by atoms with Crippen LogP contribution in [0, 0.1) is 0 Å². The minimum Gasteiger partial charge on any atom is -0.462 e. The molecule has 0 fully saturated rings. The Kier molecular flexibility index (Phi) is 40.7. The number of hydrogen-bond donors (Lipinski definition) is 0. The van der Waals surface area contributed by atoms with Crippen molar-refractivity contribution >= 4 is 17.9 Å². The highest BCUT2D eigenvalue weighted by molar-refractivity contribution is 5.72. The summed E-state index contributed by atoms with van der Waals surface area (Å²) in [7, 11) is 0. The number of esters is 3. The molecular formula is C50H78O6. The van der Waals surface area contributed by atoms with Gasteiger partial charge in [0.1, 0.15) is 13.2 Å². The first-order valence-electron chi connectivity index (χ1n) is 22.0. The van der Waals surface area contributed by atoms with Crippen molar-refractivity contribution in [2.24, 2.45) is 0 Å². The van der Waals surface area contributed by atoms with Gasteiger partial charge in [0, 0.05) is 12.8 Å². The van der Waals surface area contributed by atoms with E-state index in [1.54, 1.807) is 6.08 Å². The Balaban J connectivity index is 4.49. The van der Waals surface area contributed by atoms with E-state index in [9.17, 15) is 14.4 Å². The predicted octanol–water partition coefficient (Wildman–Crippen LogP) is 14.0. The number of allylic oxidation sites excluding steroid dienone is 17. The van der Waals surface area contributed by atoms with Gasteiger partial charge in [-0.1, -0.05) is 188 Å². The van der Waals surface area contributed by atoms with Crippen LogP contribution >= 0.6 is 0 Å². The van der Waals surface area contributed by atoms with Crippen molar-refractivity contribution in [1.29, 1.82) is 0 Å².